The van der Waals surface area contributed by atoms with Gasteiger partial charge in [0.2, 0.25) is 0 Å². The molecule has 1 rings (SSSR count). The SMILES string of the molecule is C=C1CC(C)(O)CCC1C. The zero-order valence-electron chi connectivity index (χ0n) is 6.85. The third-order valence-corrected chi connectivity index (χ3v) is 2.42. The lowest BCUT2D eigenvalue weighted by Gasteiger charge is -2.33. The van der Waals surface area contributed by atoms with Crippen LogP contribution in [0.1, 0.15) is 33.1 Å². The van der Waals surface area contributed by atoms with Crippen molar-refractivity contribution in [3.8, 4) is 0 Å². The average molecular weight is 140 g/mol. The van der Waals surface area contributed by atoms with Crippen LogP contribution < -0.4 is 0 Å². The van der Waals surface area contributed by atoms with Crippen LogP contribution in [0.5, 0.6) is 0 Å². The Morgan fingerprint density at radius 2 is 2.30 bits per heavy atom. The van der Waals surface area contributed by atoms with E-state index < -0.39 is 5.60 Å². The van der Waals surface area contributed by atoms with Gasteiger partial charge in [0.25, 0.3) is 0 Å². The van der Waals surface area contributed by atoms with Gasteiger partial charge in [0.05, 0.1) is 5.60 Å². The Morgan fingerprint density at radius 3 is 2.70 bits per heavy atom. The molecule has 2 atom stereocenters. The molecule has 1 fully saturated rings. The molecule has 0 aromatic rings. The van der Waals surface area contributed by atoms with Crippen LogP contribution >= 0.6 is 0 Å². The second kappa shape index (κ2) is 2.39. The van der Waals surface area contributed by atoms with Crippen LogP contribution in [0.2, 0.25) is 0 Å². The van der Waals surface area contributed by atoms with E-state index in [4.69, 9.17) is 0 Å². The van der Waals surface area contributed by atoms with E-state index in [1.165, 1.54) is 5.57 Å². The van der Waals surface area contributed by atoms with Gasteiger partial charge in [-0.15, -0.1) is 0 Å². The molecule has 1 nitrogen and oxygen atoms in total. The molecular formula is C9H16O. The summed E-state index contributed by atoms with van der Waals surface area (Å²) in [6.45, 7) is 8.00. The normalized spacial score (nSPS) is 41.9. The second-order valence-corrected chi connectivity index (χ2v) is 3.77. The summed E-state index contributed by atoms with van der Waals surface area (Å²) in [5, 5.41) is 9.60. The van der Waals surface area contributed by atoms with Crippen LogP contribution in [-0.2, 0) is 0 Å². The molecule has 0 aromatic carbocycles. The van der Waals surface area contributed by atoms with Crippen molar-refractivity contribution in [1.29, 1.82) is 0 Å². The lowest BCUT2D eigenvalue weighted by atomic mass is 9.78. The minimum atomic E-state index is -0.469. The van der Waals surface area contributed by atoms with E-state index >= 15 is 0 Å². The summed E-state index contributed by atoms with van der Waals surface area (Å²) < 4.78 is 0. The molecule has 2 unspecified atom stereocenters. The molecule has 0 aliphatic heterocycles. The van der Waals surface area contributed by atoms with Crippen molar-refractivity contribution in [1.82, 2.24) is 0 Å². The first-order valence-corrected chi connectivity index (χ1v) is 3.91. The van der Waals surface area contributed by atoms with Crippen molar-refractivity contribution >= 4 is 0 Å². The predicted molar refractivity (Wildman–Crippen MR) is 42.8 cm³/mol. The number of hydrogen-bond donors (Lipinski definition) is 1. The first-order valence-electron chi connectivity index (χ1n) is 3.91. The highest BCUT2D eigenvalue weighted by molar-refractivity contribution is 5.07. The fraction of sp³-hybridized carbons (Fsp3) is 0.778. The van der Waals surface area contributed by atoms with E-state index in [-0.39, 0.29) is 0 Å². The maximum Gasteiger partial charge on any atom is 0.0656 e. The van der Waals surface area contributed by atoms with Gasteiger partial charge < -0.3 is 5.11 Å². The summed E-state index contributed by atoms with van der Waals surface area (Å²) >= 11 is 0. The second-order valence-electron chi connectivity index (χ2n) is 3.77. The molecule has 1 N–H and O–H groups in total. The number of hydrogen-bond acceptors (Lipinski definition) is 1. The van der Waals surface area contributed by atoms with E-state index in [2.05, 4.69) is 13.5 Å². The Kier molecular flexibility index (Phi) is 1.86. The van der Waals surface area contributed by atoms with E-state index in [1.807, 2.05) is 6.92 Å². The average Bonchev–Trinajstić information content (AvgIpc) is 1.79. The summed E-state index contributed by atoms with van der Waals surface area (Å²) in [7, 11) is 0. The molecule has 0 aromatic heterocycles. The Labute approximate surface area is 62.8 Å². The van der Waals surface area contributed by atoms with Crippen molar-refractivity contribution in [3.05, 3.63) is 12.2 Å². The summed E-state index contributed by atoms with van der Waals surface area (Å²) in [6.07, 6.45) is 2.80. The fourth-order valence-corrected chi connectivity index (χ4v) is 1.48. The van der Waals surface area contributed by atoms with Crippen LogP contribution in [0.3, 0.4) is 0 Å². The van der Waals surface area contributed by atoms with Crippen molar-refractivity contribution < 1.29 is 5.11 Å². The van der Waals surface area contributed by atoms with E-state index in [9.17, 15) is 5.11 Å². The Bertz CT molecular complexity index is 147. The molecule has 0 amide bonds. The minimum absolute atomic E-state index is 0.469. The quantitative estimate of drug-likeness (QED) is 0.511. The predicted octanol–water partition coefficient (Wildman–Crippen LogP) is 2.11. The third kappa shape index (κ3) is 1.60. The van der Waals surface area contributed by atoms with Gasteiger partial charge in [-0.3, -0.25) is 0 Å². The zero-order valence-corrected chi connectivity index (χ0v) is 6.85. The Balaban J connectivity index is 2.57. The molecule has 1 aliphatic carbocycles. The van der Waals surface area contributed by atoms with Crippen molar-refractivity contribution in [3.63, 3.8) is 0 Å². The summed E-state index contributed by atoms with van der Waals surface area (Å²) in [5.74, 6) is 0.611. The molecule has 1 aliphatic rings. The lowest BCUT2D eigenvalue weighted by molar-refractivity contribution is 0.0310. The van der Waals surface area contributed by atoms with Gasteiger partial charge in [-0.1, -0.05) is 19.1 Å². The first-order chi connectivity index (χ1) is 4.51. The molecule has 1 saturated carbocycles. The monoisotopic (exact) mass is 140 g/mol. The largest absolute Gasteiger partial charge is 0.390 e. The van der Waals surface area contributed by atoms with Gasteiger partial charge in [0, 0.05) is 0 Å². The van der Waals surface area contributed by atoms with Gasteiger partial charge in [-0.05, 0) is 32.1 Å². The first kappa shape index (κ1) is 7.80. The van der Waals surface area contributed by atoms with Gasteiger partial charge in [0.15, 0.2) is 0 Å². The maximum atomic E-state index is 9.60. The van der Waals surface area contributed by atoms with Crippen molar-refractivity contribution in [2.24, 2.45) is 5.92 Å². The molecule has 10 heavy (non-hydrogen) atoms. The van der Waals surface area contributed by atoms with Crippen LogP contribution in [0.4, 0.5) is 0 Å². The van der Waals surface area contributed by atoms with Crippen molar-refractivity contribution in [2.75, 3.05) is 0 Å². The lowest BCUT2D eigenvalue weighted by Crippen LogP contribution is -2.30. The minimum Gasteiger partial charge on any atom is -0.390 e. The number of aliphatic hydroxyl groups is 1. The maximum absolute atomic E-state index is 9.60. The fourth-order valence-electron chi connectivity index (χ4n) is 1.48. The van der Waals surface area contributed by atoms with E-state index in [1.54, 1.807) is 0 Å². The van der Waals surface area contributed by atoms with Crippen LogP contribution in [0, 0.1) is 5.92 Å². The van der Waals surface area contributed by atoms with Crippen LogP contribution in [0.25, 0.3) is 0 Å². The zero-order chi connectivity index (χ0) is 7.78. The molecule has 1 heteroatoms. The molecular weight excluding hydrogens is 124 g/mol. The molecule has 0 radical (unpaired) electrons. The van der Waals surface area contributed by atoms with Gasteiger partial charge >= 0.3 is 0 Å². The highest BCUT2D eigenvalue weighted by atomic mass is 16.3. The number of rotatable bonds is 0. The van der Waals surface area contributed by atoms with Crippen LogP contribution in [0.15, 0.2) is 12.2 Å². The Hall–Kier alpha value is -0.300. The Morgan fingerprint density at radius 1 is 1.70 bits per heavy atom. The molecule has 0 spiro atoms. The van der Waals surface area contributed by atoms with Crippen molar-refractivity contribution in [2.45, 2.75) is 38.7 Å². The standard InChI is InChI=1S/C9H16O/c1-7-4-5-9(3,10)6-8(7)2/h7,10H,2,4-6H2,1,3H3. The topological polar surface area (TPSA) is 20.2 Å². The third-order valence-electron chi connectivity index (χ3n) is 2.42. The van der Waals surface area contributed by atoms with E-state index in [0.29, 0.717) is 5.92 Å². The van der Waals surface area contributed by atoms with Gasteiger partial charge in [-0.25, -0.2) is 0 Å². The summed E-state index contributed by atoms with van der Waals surface area (Å²) in [6, 6.07) is 0. The van der Waals surface area contributed by atoms with E-state index in [0.717, 1.165) is 19.3 Å². The van der Waals surface area contributed by atoms with Gasteiger partial charge in [0.1, 0.15) is 0 Å². The molecule has 0 heterocycles. The molecule has 0 bridgehead atoms. The highest BCUT2D eigenvalue weighted by Crippen LogP contribution is 2.34. The summed E-state index contributed by atoms with van der Waals surface area (Å²) in [4.78, 5) is 0. The van der Waals surface area contributed by atoms with Crippen LogP contribution in [-0.4, -0.2) is 10.7 Å². The molecule has 58 valence electrons. The molecule has 0 saturated heterocycles. The smallest absolute Gasteiger partial charge is 0.0656 e. The van der Waals surface area contributed by atoms with Gasteiger partial charge in [-0.2, -0.15) is 0 Å². The highest BCUT2D eigenvalue weighted by Gasteiger charge is 2.28. The summed E-state index contributed by atoms with van der Waals surface area (Å²) in [5.41, 5.74) is 0.736.